The molecule has 0 saturated carbocycles. The molecule has 1 unspecified atom stereocenters. The van der Waals surface area contributed by atoms with Gasteiger partial charge >= 0.3 is 5.97 Å². The fraction of sp³-hybridized carbons (Fsp3) is 0.278. The van der Waals surface area contributed by atoms with E-state index >= 15 is 0 Å². The van der Waals surface area contributed by atoms with E-state index in [-0.39, 0.29) is 5.97 Å². The molecule has 0 spiro atoms. The first-order valence-corrected chi connectivity index (χ1v) is 7.04. The lowest BCUT2D eigenvalue weighted by Crippen LogP contribution is -2.30. The van der Waals surface area contributed by atoms with Gasteiger partial charge in [0.05, 0.1) is 7.11 Å². The summed E-state index contributed by atoms with van der Waals surface area (Å²) in [6.45, 7) is 4.65. The van der Waals surface area contributed by atoms with E-state index in [1.54, 1.807) is 0 Å². The van der Waals surface area contributed by atoms with Gasteiger partial charge in [0.1, 0.15) is 6.04 Å². The van der Waals surface area contributed by atoms with Crippen LogP contribution in [0.1, 0.15) is 28.3 Å². The second-order valence-corrected chi connectivity index (χ2v) is 5.18. The fourth-order valence-electron chi connectivity index (χ4n) is 2.32. The zero-order chi connectivity index (χ0) is 15.2. The molecule has 3 heteroatoms. The van der Waals surface area contributed by atoms with Crippen molar-refractivity contribution in [2.75, 3.05) is 7.11 Å². The summed E-state index contributed by atoms with van der Waals surface area (Å²) in [5, 5.41) is 3.30. The van der Waals surface area contributed by atoms with Crippen LogP contribution in [0.2, 0.25) is 0 Å². The molecule has 0 amide bonds. The van der Waals surface area contributed by atoms with Gasteiger partial charge in [-0.3, -0.25) is 5.32 Å². The van der Waals surface area contributed by atoms with Crippen molar-refractivity contribution in [1.29, 1.82) is 0 Å². The van der Waals surface area contributed by atoms with E-state index in [2.05, 4.69) is 5.32 Å². The standard InChI is InChI=1S/C18H21NO2/c1-13-9-10-14(2)16(11-13)17(18(20)21-3)19-12-15-7-5-4-6-8-15/h4-11,17,19H,12H2,1-3H3. The number of aryl methyl sites for hydroxylation is 2. The van der Waals surface area contributed by atoms with Gasteiger partial charge in [0.15, 0.2) is 0 Å². The number of rotatable bonds is 5. The molecule has 2 aromatic carbocycles. The average Bonchev–Trinajstić information content (AvgIpc) is 2.51. The van der Waals surface area contributed by atoms with E-state index in [0.29, 0.717) is 6.54 Å². The Morgan fingerprint density at radius 2 is 1.86 bits per heavy atom. The molecule has 0 radical (unpaired) electrons. The maximum absolute atomic E-state index is 12.1. The summed E-state index contributed by atoms with van der Waals surface area (Å²) in [5.41, 5.74) is 4.32. The van der Waals surface area contributed by atoms with Gasteiger partial charge in [-0.15, -0.1) is 0 Å². The van der Waals surface area contributed by atoms with Crippen LogP contribution in [0.3, 0.4) is 0 Å². The molecule has 0 aromatic heterocycles. The topological polar surface area (TPSA) is 38.3 Å². The third-order valence-corrected chi connectivity index (χ3v) is 3.54. The van der Waals surface area contributed by atoms with Gasteiger partial charge in [0.25, 0.3) is 0 Å². The van der Waals surface area contributed by atoms with Crippen LogP contribution in [0.5, 0.6) is 0 Å². The smallest absolute Gasteiger partial charge is 0.327 e. The molecule has 2 rings (SSSR count). The van der Waals surface area contributed by atoms with E-state index in [9.17, 15) is 4.79 Å². The Morgan fingerprint density at radius 1 is 1.14 bits per heavy atom. The summed E-state index contributed by atoms with van der Waals surface area (Å²) in [7, 11) is 1.42. The van der Waals surface area contributed by atoms with Crippen molar-refractivity contribution in [3.05, 3.63) is 70.8 Å². The summed E-state index contributed by atoms with van der Waals surface area (Å²) >= 11 is 0. The number of hydrogen-bond acceptors (Lipinski definition) is 3. The van der Waals surface area contributed by atoms with Crippen LogP contribution in [0.4, 0.5) is 0 Å². The second-order valence-electron chi connectivity index (χ2n) is 5.18. The zero-order valence-corrected chi connectivity index (χ0v) is 12.7. The number of ether oxygens (including phenoxy) is 1. The van der Waals surface area contributed by atoms with Crippen LogP contribution in [0.25, 0.3) is 0 Å². The largest absolute Gasteiger partial charge is 0.468 e. The Balaban J connectivity index is 2.22. The van der Waals surface area contributed by atoms with E-state index in [0.717, 1.165) is 22.3 Å². The molecular weight excluding hydrogens is 262 g/mol. The molecule has 1 atom stereocenters. The van der Waals surface area contributed by atoms with Crippen LogP contribution in [-0.4, -0.2) is 13.1 Å². The van der Waals surface area contributed by atoms with Gasteiger partial charge in [0.2, 0.25) is 0 Å². The Labute approximate surface area is 126 Å². The van der Waals surface area contributed by atoms with E-state index in [1.165, 1.54) is 7.11 Å². The number of carbonyl (C=O) groups excluding carboxylic acids is 1. The molecule has 1 N–H and O–H groups in total. The van der Waals surface area contributed by atoms with Crippen molar-refractivity contribution in [2.24, 2.45) is 0 Å². The minimum Gasteiger partial charge on any atom is -0.468 e. The van der Waals surface area contributed by atoms with Crippen molar-refractivity contribution in [2.45, 2.75) is 26.4 Å². The van der Waals surface area contributed by atoms with Crippen LogP contribution in [-0.2, 0) is 16.1 Å². The van der Waals surface area contributed by atoms with Gasteiger partial charge in [-0.25, -0.2) is 4.79 Å². The monoisotopic (exact) mass is 283 g/mol. The summed E-state index contributed by atoms with van der Waals surface area (Å²) < 4.78 is 4.95. The molecule has 2 aromatic rings. The lowest BCUT2D eigenvalue weighted by molar-refractivity contribution is -0.143. The minimum absolute atomic E-state index is 0.264. The van der Waals surface area contributed by atoms with Crippen molar-refractivity contribution in [3.63, 3.8) is 0 Å². The number of nitrogens with one attached hydrogen (secondary N) is 1. The van der Waals surface area contributed by atoms with Gasteiger partial charge < -0.3 is 4.74 Å². The summed E-state index contributed by atoms with van der Waals surface area (Å²) in [6.07, 6.45) is 0. The molecule has 0 saturated heterocycles. The Kier molecular flexibility index (Phi) is 5.12. The highest BCUT2D eigenvalue weighted by molar-refractivity contribution is 5.78. The lowest BCUT2D eigenvalue weighted by atomic mass is 9.98. The van der Waals surface area contributed by atoms with Crippen LogP contribution < -0.4 is 5.32 Å². The van der Waals surface area contributed by atoms with Crippen molar-refractivity contribution in [1.82, 2.24) is 5.32 Å². The maximum Gasteiger partial charge on any atom is 0.327 e. The first-order valence-electron chi connectivity index (χ1n) is 7.04. The average molecular weight is 283 g/mol. The summed E-state index contributed by atoms with van der Waals surface area (Å²) in [4.78, 5) is 12.1. The molecule has 0 heterocycles. The normalized spacial score (nSPS) is 12.0. The molecule has 0 aliphatic rings. The van der Waals surface area contributed by atoms with Crippen molar-refractivity contribution < 1.29 is 9.53 Å². The van der Waals surface area contributed by atoms with E-state index in [1.807, 2.05) is 62.4 Å². The van der Waals surface area contributed by atoms with Crippen LogP contribution in [0.15, 0.2) is 48.5 Å². The highest BCUT2D eigenvalue weighted by atomic mass is 16.5. The first kappa shape index (κ1) is 15.3. The molecule has 21 heavy (non-hydrogen) atoms. The lowest BCUT2D eigenvalue weighted by Gasteiger charge is -2.19. The van der Waals surface area contributed by atoms with Gasteiger partial charge in [-0.1, -0.05) is 54.1 Å². The molecule has 3 nitrogen and oxygen atoms in total. The van der Waals surface area contributed by atoms with Crippen LogP contribution in [0, 0.1) is 13.8 Å². The van der Waals surface area contributed by atoms with Gasteiger partial charge in [-0.05, 0) is 30.5 Å². The number of methoxy groups -OCH3 is 1. The third-order valence-electron chi connectivity index (χ3n) is 3.54. The van der Waals surface area contributed by atoms with E-state index in [4.69, 9.17) is 4.74 Å². The highest BCUT2D eigenvalue weighted by Crippen LogP contribution is 2.21. The third kappa shape index (κ3) is 3.92. The number of esters is 1. The highest BCUT2D eigenvalue weighted by Gasteiger charge is 2.22. The Bertz CT molecular complexity index is 608. The van der Waals surface area contributed by atoms with Crippen molar-refractivity contribution >= 4 is 5.97 Å². The summed E-state index contributed by atoms with van der Waals surface area (Å²) in [5.74, 6) is -0.264. The first-order chi connectivity index (χ1) is 10.1. The summed E-state index contributed by atoms with van der Waals surface area (Å²) in [6, 6.07) is 15.7. The number of carbonyl (C=O) groups is 1. The molecule has 110 valence electrons. The number of benzene rings is 2. The Hall–Kier alpha value is -2.13. The molecule has 0 aliphatic carbocycles. The molecule has 0 bridgehead atoms. The van der Waals surface area contributed by atoms with E-state index < -0.39 is 6.04 Å². The SMILES string of the molecule is COC(=O)C(NCc1ccccc1)c1cc(C)ccc1C. The molecule has 0 aliphatic heterocycles. The van der Waals surface area contributed by atoms with Crippen molar-refractivity contribution in [3.8, 4) is 0 Å². The maximum atomic E-state index is 12.1. The Morgan fingerprint density at radius 3 is 2.52 bits per heavy atom. The minimum atomic E-state index is -0.449. The number of hydrogen-bond donors (Lipinski definition) is 1. The predicted molar refractivity (Wildman–Crippen MR) is 84.0 cm³/mol. The van der Waals surface area contributed by atoms with Crippen LogP contribution >= 0.6 is 0 Å². The zero-order valence-electron chi connectivity index (χ0n) is 12.7. The molecule has 0 fully saturated rings. The fourth-order valence-corrected chi connectivity index (χ4v) is 2.32. The molecular formula is C18H21NO2. The predicted octanol–water partition coefficient (Wildman–Crippen LogP) is 3.31. The van der Waals surface area contributed by atoms with Gasteiger partial charge in [0, 0.05) is 6.54 Å². The quantitative estimate of drug-likeness (QED) is 0.856. The van der Waals surface area contributed by atoms with Gasteiger partial charge in [-0.2, -0.15) is 0 Å². The second kappa shape index (κ2) is 7.04.